The number of fused-ring (bicyclic) bond motifs is 1. The Balaban J connectivity index is 1.68. The van der Waals surface area contributed by atoms with E-state index in [9.17, 15) is 0 Å². The molecule has 1 aliphatic rings. The van der Waals surface area contributed by atoms with Crippen LogP contribution in [0.5, 0.6) is 0 Å². The van der Waals surface area contributed by atoms with Crippen molar-refractivity contribution in [3.05, 3.63) is 42.1 Å². The number of pyridine rings is 1. The Hall–Kier alpha value is -1.68. The van der Waals surface area contributed by atoms with Gasteiger partial charge in [-0.2, -0.15) is 0 Å². The predicted octanol–water partition coefficient (Wildman–Crippen LogP) is 3.66. The van der Waals surface area contributed by atoms with E-state index in [2.05, 4.69) is 29.2 Å². The van der Waals surface area contributed by atoms with Crippen molar-refractivity contribution in [1.82, 2.24) is 9.88 Å². The molecule has 0 radical (unpaired) electrons. The topological polar surface area (TPSA) is 42.1 Å². The van der Waals surface area contributed by atoms with Crippen molar-refractivity contribution in [3.8, 4) is 0 Å². The summed E-state index contributed by atoms with van der Waals surface area (Å²) in [7, 11) is 0. The molecule has 0 bridgehead atoms. The smallest absolute Gasteiger partial charge is 0.166 e. The molecule has 1 aromatic heterocycles. The summed E-state index contributed by atoms with van der Waals surface area (Å²) in [6, 6.07) is 13.0. The molecular weight excluding hydrogens is 290 g/mol. The third kappa shape index (κ3) is 3.55. The van der Waals surface area contributed by atoms with Crippen molar-refractivity contribution in [2.45, 2.75) is 44.6 Å². The molecule has 0 atom stereocenters. The standard InChI is InChI=1S/C18H23N3S/c19-18(22)21(16-7-2-1-3-8-16)13-12-15-11-10-14-6-4-5-9-17(14)20-15/h4-6,9-11,16H,1-3,7-8,12-13H2,(H2,19,22). The number of para-hydroxylation sites is 1. The van der Waals surface area contributed by atoms with Crippen LogP contribution in [0.25, 0.3) is 10.9 Å². The maximum atomic E-state index is 5.96. The lowest BCUT2D eigenvalue weighted by molar-refractivity contribution is 0.246. The minimum atomic E-state index is 0.520. The highest BCUT2D eigenvalue weighted by atomic mass is 32.1. The zero-order valence-corrected chi connectivity index (χ0v) is 13.7. The van der Waals surface area contributed by atoms with Crippen LogP contribution in [0.4, 0.5) is 0 Å². The first kappa shape index (κ1) is 15.2. The summed E-state index contributed by atoms with van der Waals surface area (Å²) >= 11 is 5.27. The fourth-order valence-electron chi connectivity index (χ4n) is 3.35. The van der Waals surface area contributed by atoms with Gasteiger partial charge in [0.25, 0.3) is 0 Å². The quantitative estimate of drug-likeness (QED) is 0.875. The van der Waals surface area contributed by atoms with Gasteiger partial charge in [0.1, 0.15) is 0 Å². The first-order chi connectivity index (χ1) is 10.7. The van der Waals surface area contributed by atoms with Gasteiger partial charge in [-0.1, -0.05) is 43.5 Å². The minimum Gasteiger partial charge on any atom is -0.376 e. The van der Waals surface area contributed by atoms with E-state index in [0.29, 0.717) is 11.2 Å². The van der Waals surface area contributed by atoms with Crippen molar-refractivity contribution in [3.63, 3.8) is 0 Å². The van der Waals surface area contributed by atoms with Crippen molar-refractivity contribution < 1.29 is 0 Å². The normalized spacial score (nSPS) is 15.8. The van der Waals surface area contributed by atoms with E-state index >= 15 is 0 Å². The molecule has 0 spiro atoms. The lowest BCUT2D eigenvalue weighted by Gasteiger charge is -2.34. The molecule has 116 valence electrons. The van der Waals surface area contributed by atoms with Gasteiger partial charge in [0.15, 0.2) is 5.11 Å². The number of aromatic nitrogens is 1. The number of benzene rings is 1. The summed E-state index contributed by atoms with van der Waals surface area (Å²) in [4.78, 5) is 6.95. The number of nitrogens with zero attached hydrogens (tertiary/aromatic N) is 2. The van der Waals surface area contributed by atoms with Gasteiger partial charge in [-0.25, -0.2) is 0 Å². The SMILES string of the molecule is NC(=S)N(CCc1ccc2ccccc2n1)C1CCCCC1. The summed E-state index contributed by atoms with van der Waals surface area (Å²) in [5.74, 6) is 0. The zero-order valence-electron chi connectivity index (χ0n) is 12.9. The van der Waals surface area contributed by atoms with E-state index in [-0.39, 0.29) is 0 Å². The first-order valence-electron chi connectivity index (χ1n) is 8.15. The van der Waals surface area contributed by atoms with Crippen molar-refractivity contribution in [2.24, 2.45) is 5.73 Å². The molecular formula is C18H23N3S. The van der Waals surface area contributed by atoms with Gasteiger partial charge in [0.2, 0.25) is 0 Å². The lowest BCUT2D eigenvalue weighted by Crippen LogP contribution is -2.45. The molecule has 2 aromatic rings. The molecule has 1 heterocycles. The molecule has 22 heavy (non-hydrogen) atoms. The van der Waals surface area contributed by atoms with Gasteiger partial charge in [0.05, 0.1) is 5.52 Å². The van der Waals surface area contributed by atoms with Crippen LogP contribution in [-0.2, 0) is 6.42 Å². The van der Waals surface area contributed by atoms with Gasteiger partial charge in [-0.05, 0) is 37.2 Å². The monoisotopic (exact) mass is 313 g/mol. The van der Waals surface area contributed by atoms with E-state index in [1.165, 1.54) is 37.5 Å². The van der Waals surface area contributed by atoms with E-state index in [1.807, 2.05) is 12.1 Å². The highest BCUT2D eigenvalue weighted by Gasteiger charge is 2.21. The van der Waals surface area contributed by atoms with Gasteiger partial charge in [0, 0.05) is 30.1 Å². The first-order valence-corrected chi connectivity index (χ1v) is 8.55. The second kappa shape index (κ2) is 7.05. The van der Waals surface area contributed by atoms with Gasteiger partial charge < -0.3 is 10.6 Å². The summed E-state index contributed by atoms with van der Waals surface area (Å²) in [6.07, 6.45) is 7.23. The Morgan fingerprint density at radius 3 is 2.68 bits per heavy atom. The Morgan fingerprint density at radius 1 is 1.14 bits per heavy atom. The third-order valence-electron chi connectivity index (χ3n) is 4.56. The van der Waals surface area contributed by atoms with Gasteiger partial charge in [-0.3, -0.25) is 4.98 Å². The Labute approximate surface area is 137 Å². The maximum absolute atomic E-state index is 5.96. The molecule has 1 aliphatic carbocycles. The maximum Gasteiger partial charge on any atom is 0.166 e. The highest BCUT2D eigenvalue weighted by molar-refractivity contribution is 7.80. The largest absolute Gasteiger partial charge is 0.376 e. The average molecular weight is 313 g/mol. The van der Waals surface area contributed by atoms with Crippen molar-refractivity contribution in [2.75, 3.05) is 6.54 Å². The van der Waals surface area contributed by atoms with Crippen LogP contribution in [-0.4, -0.2) is 27.6 Å². The van der Waals surface area contributed by atoms with E-state index in [4.69, 9.17) is 22.9 Å². The number of nitrogens with two attached hydrogens (primary N) is 1. The van der Waals surface area contributed by atoms with Crippen LogP contribution in [0.3, 0.4) is 0 Å². The van der Waals surface area contributed by atoms with Gasteiger partial charge >= 0.3 is 0 Å². The Kier molecular flexibility index (Phi) is 4.88. The predicted molar refractivity (Wildman–Crippen MR) is 95.8 cm³/mol. The summed E-state index contributed by atoms with van der Waals surface area (Å²) in [5, 5.41) is 1.72. The summed E-state index contributed by atoms with van der Waals surface area (Å²) < 4.78 is 0. The molecule has 0 amide bonds. The van der Waals surface area contributed by atoms with Crippen LogP contribution in [0.15, 0.2) is 36.4 Å². The zero-order chi connectivity index (χ0) is 15.4. The van der Waals surface area contributed by atoms with Crippen LogP contribution in [0.1, 0.15) is 37.8 Å². The van der Waals surface area contributed by atoms with E-state index < -0.39 is 0 Å². The van der Waals surface area contributed by atoms with E-state index in [0.717, 1.165) is 24.2 Å². The second-order valence-electron chi connectivity index (χ2n) is 6.07. The molecule has 4 heteroatoms. The fourth-order valence-corrected chi connectivity index (χ4v) is 3.59. The number of hydrogen-bond donors (Lipinski definition) is 1. The number of hydrogen-bond acceptors (Lipinski definition) is 2. The van der Waals surface area contributed by atoms with Crippen molar-refractivity contribution >= 4 is 28.2 Å². The molecule has 1 fully saturated rings. The molecule has 0 aliphatic heterocycles. The molecule has 0 unspecified atom stereocenters. The molecule has 1 saturated carbocycles. The van der Waals surface area contributed by atoms with E-state index in [1.54, 1.807) is 0 Å². The van der Waals surface area contributed by atoms with Gasteiger partial charge in [-0.15, -0.1) is 0 Å². The number of rotatable bonds is 4. The fraction of sp³-hybridized carbons (Fsp3) is 0.444. The summed E-state index contributed by atoms with van der Waals surface area (Å²) in [6.45, 7) is 0.866. The molecule has 3 nitrogen and oxygen atoms in total. The average Bonchev–Trinajstić information content (AvgIpc) is 2.55. The number of thiocarbonyl (C=S) groups is 1. The molecule has 3 rings (SSSR count). The van der Waals surface area contributed by atoms with Crippen LogP contribution in [0.2, 0.25) is 0 Å². The Bertz CT molecular complexity index is 650. The highest BCUT2D eigenvalue weighted by Crippen LogP contribution is 2.23. The molecule has 1 aromatic carbocycles. The van der Waals surface area contributed by atoms with Crippen molar-refractivity contribution in [1.29, 1.82) is 0 Å². The minimum absolute atomic E-state index is 0.520. The second-order valence-corrected chi connectivity index (χ2v) is 6.49. The van der Waals surface area contributed by atoms with Crippen LogP contribution in [0, 0.1) is 0 Å². The molecule has 0 saturated heterocycles. The van der Waals surface area contributed by atoms with Crippen LogP contribution >= 0.6 is 12.2 Å². The van der Waals surface area contributed by atoms with Crippen LogP contribution < -0.4 is 5.73 Å². The summed E-state index contributed by atoms with van der Waals surface area (Å²) in [5.41, 5.74) is 8.12. The lowest BCUT2D eigenvalue weighted by atomic mass is 9.94. The Morgan fingerprint density at radius 2 is 1.91 bits per heavy atom. The third-order valence-corrected chi connectivity index (χ3v) is 4.80. The molecule has 2 N–H and O–H groups in total.